The van der Waals surface area contributed by atoms with E-state index in [0.717, 1.165) is 0 Å². The summed E-state index contributed by atoms with van der Waals surface area (Å²) in [5, 5.41) is 0. The van der Waals surface area contributed by atoms with E-state index < -0.39 is 64.9 Å². The fourth-order valence-corrected chi connectivity index (χ4v) is 7.06. The van der Waals surface area contributed by atoms with E-state index in [1.54, 1.807) is 30.3 Å². The zero-order valence-electron chi connectivity index (χ0n) is 22.4. The molecule has 9 nitrogen and oxygen atoms in total. The van der Waals surface area contributed by atoms with Gasteiger partial charge in [0.15, 0.2) is 12.2 Å². The van der Waals surface area contributed by atoms with Crippen molar-refractivity contribution in [3.63, 3.8) is 0 Å². The molecule has 0 N–H and O–H groups in total. The molecule has 202 valence electrons. The number of ether oxygens (including phenoxy) is 5. The van der Waals surface area contributed by atoms with Crippen LogP contribution in [0.15, 0.2) is 30.3 Å². The topological polar surface area (TPSA) is 114 Å². The van der Waals surface area contributed by atoms with Crippen molar-refractivity contribution in [3.8, 4) is 0 Å². The molecule has 2 aliphatic carbocycles. The fourth-order valence-electron chi connectivity index (χ4n) is 7.06. The summed E-state index contributed by atoms with van der Waals surface area (Å²) >= 11 is 0. The van der Waals surface area contributed by atoms with E-state index in [9.17, 15) is 19.2 Å². The second-order valence-electron chi connectivity index (χ2n) is 11.3. The number of hydrogen-bond acceptors (Lipinski definition) is 9. The van der Waals surface area contributed by atoms with Crippen molar-refractivity contribution in [2.75, 3.05) is 0 Å². The van der Waals surface area contributed by atoms with Gasteiger partial charge in [-0.1, -0.05) is 25.1 Å². The van der Waals surface area contributed by atoms with Crippen molar-refractivity contribution in [1.82, 2.24) is 0 Å². The minimum atomic E-state index is -1.23. The second-order valence-corrected chi connectivity index (χ2v) is 11.3. The maximum Gasteiger partial charge on any atom is 0.338 e. The number of esters is 4. The zero-order valence-corrected chi connectivity index (χ0v) is 22.4. The van der Waals surface area contributed by atoms with Crippen LogP contribution in [-0.2, 0) is 38.1 Å². The van der Waals surface area contributed by atoms with E-state index in [-0.39, 0.29) is 11.8 Å². The smallest absolute Gasteiger partial charge is 0.338 e. The maximum atomic E-state index is 13.4. The predicted molar refractivity (Wildman–Crippen MR) is 130 cm³/mol. The van der Waals surface area contributed by atoms with Crippen LogP contribution in [0.2, 0.25) is 0 Å². The molecule has 0 aromatic heterocycles. The Bertz CT molecular complexity index is 1080. The van der Waals surface area contributed by atoms with Gasteiger partial charge in [-0.05, 0) is 51.7 Å². The maximum absolute atomic E-state index is 13.4. The van der Waals surface area contributed by atoms with Crippen LogP contribution >= 0.6 is 0 Å². The predicted octanol–water partition coefficient (Wildman–Crippen LogP) is 3.62. The molecule has 1 aromatic carbocycles. The molecule has 3 fully saturated rings. The highest BCUT2D eigenvalue weighted by Gasteiger charge is 2.78. The van der Waals surface area contributed by atoms with Gasteiger partial charge in [0.05, 0.1) is 22.2 Å². The molecular weight excluding hydrogens is 480 g/mol. The van der Waals surface area contributed by atoms with Crippen molar-refractivity contribution in [1.29, 1.82) is 0 Å². The molecule has 2 saturated carbocycles. The summed E-state index contributed by atoms with van der Waals surface area (Å²) in [6, 6.07) is 8.50. The number of carbonyl (C=O) groups excluding carboxylic acids is 4. The molecular formula is C28H36O9. The fraction of sp³-hybridized carbons (Fsp3) is 0.643. The van der Waals surface area contributed by atoms with E-state index >= 15 is 0 Å². The third-order valence-electron chi connectivity index (χ3n) is 8.53. The van der Waals surface area contributed by atoms with Gasteiger partial charge in [-0.25, -0.2) is 4.79 Å². The molecule has 37 heavy (non-hydrogen) atoms. The van der Waals surface area contributed by atoms with E-state index in [0.29, 0.717) is 18.4 Å². The van der Waals surface area contributed by atoms with Gasteiger partial charge >= 0.3 is 23.9 Å². The summed E-state index contributed by atoms with van der Waals surface area (Å²) in [5.41, 5.74) is -2.58. The first-order valence-electron chi connectivity index (χ1n) is 12.7. The Morgan fingerprint density at radius 2 is 1.43 bits per heavy atom. The third kappa shape index (κ3) is 4.41. The molecule has 2 bridgehead atoms. The summed E-state index contributed by atoms with van der Waals surface area (Å²) in [5.74, 6) is -2.72. The first kappa shape index (κ1) is 27.1. The van der Waals surface area contributed by atoms with Gasteiger partial charge in [0, 0.05) is 26.7 Å². The summed E-state index contributed by atoms with van der Waals surface area (Å²) in [6.45, 7) is 11.6. The average Bonchev–Trinajstić information content (AvgIpc) is 3.07. The van der Waals surface area contributed by atoms with Crippen LogP contribution in [0, 0.1) is 17.3 Å². The molecule has 1 aliphatic heterocycles. The van der Waals surface area contributed by atoms with Gasteiger partial charge in [-0.15, -0.1) is 0 Å². The lowest BCUT2D eigenvalue weighted by molar-refractivity contribution is -0.291. The van der Waals surface area contributed by atoms with Crippen molar-refractivity contribution in [2.24, 2.45) is 17.3 Å². The lowest BCUT2D eigenvalue weighted by Gasteiger charge is -2.62. The Kier molecular flexibility index (Phi) is 6.90. The van der Waals surface area contributed by atoms with Gasteiger partial charge in [0.1, 0.15) is 12.2 Å². The molecule has 4 rings (SSSR count). The van der Waals surface area contributed by atoms with Crippen LogP contribution in [0.25, 0.3) is 0 Å². The summed E-state index contributed by atoms with van der Waals surface area (Å²) in [6.07, 6.45) is -2.91. The summed E-state index contributed by atoms with van der Waals surface area (Å²) < 4.78 is 30.5. The van der Waals surface area contributed by atoms with Gasteiger partial charge in [-0.2, -0.15) is 0 Å². The molecule has 1 saturated heterocycles. The van der Waals surface area contributed by atoms with Crippen LogP contribution in [-0.4, -0.2) is 59.5 Å². The highest BCUT2D eigenvalue weighted by atomic mass is 16.6. The number of fused-ring (bicyclic) bond motifs is 1. The molecule has 0 unspecified atom stereocenters. The van der Waals surface area contributed by atoms with Crippen LogP contribution in [0.3, 0.4) is 0 Å². The first-order chi connectivity index (χ1) is 17.2. The zero-order chi connectivity index (χ0) is 27.3. The van der Waals surface area contributed by atoms with Crippen molar-refractivity contribution in [2.45, 2.75) is 96.9 Å². The number of hydrogen-bond donors (Lipinski definition) is 0. The minimum absolute atomic E-state index is 0.172. The van der Waals surface area contributed by atoms with Gasteiger partial charge in [-0.3, -0.25) is 14.4 Å². The monoisotopic (exact) mass is 516 g/mol. The Morgan fingerprint density at radius 1 is 0.838 bits per heavy atom. The van der Waals surface area contributed by atoms with E-state index in [1.807, 2.05) is 27.7 Å². The van der Waals surface area contributed by atoms with Crippen LogP contribution in [0.4, 0.5) is 0 Å². The van der Waals surface area contributed by atoms with Crippen LogP contribution < -0.4 is 0 Å². The minimum Gasteiger partial charge on any atom is -0.459 e. The van der Waals surface area contributed by atoms with Gasteiger partial charge < -0.3 is 23.7 Å². The molecule has 1 heterocycles. The number of rotatable bonds is 5. The van der Waals surface area contributed by atoms with Crippen LogP contribution in [0.1, 0.15) is 71.7 Å². The standard InChI is InChI=1S/C28H36O9/c1-15-13-21(33-16(2)29)23(35-18(4)31)27(7)24(36-25(32)19-11-9-8-10-12-19)22(34-17(3)30)20-14-28(15,27)37-26(20,5)6/h8-12,15,20-24H,13-14H2,1-7H3/t15-,20+,21-,22+,23+,24+,27+,28+/m0/s1. The Morgan fingerprint density at radius 3 is 2.00 bits per heavy atom. The van der Waals surface area contributed by atoms with Gasteiger partial charge in [0.25, 0.3) is 0 Å². The lowest BCUT2D eigenvalue weighted by atomic mass is 9.49. The van der Waals surface area contributed by atoms with Crippen LogP contribution in [0.5, 0.6) is 0 Å². The van der Waals surface area contributed by atoms with Crippen molar-refractivity contribution < 1.29 is 42.9 Å². The Hall–Kier alpha value is -2.94. The number of carbonyl (C=O) groups is 4. The average molecular weight is 517 g/mol. The van der Waals surface area contributed by atoms with E-state index in [2.05, 4.69) is 0 Å². The second kappa shape index (κ2) is 9.42. The highest BCUT2D eigenvalue weighted by molar-refractivity contribution is 5.89. The lowest BCUT2D eigenvalue weighted by Crippen LogP contribution is -2.74. The summed E-state index contributed by atoms with van der Waals surface area (Å²) in [7, 11) is 0. The molecule has 0 amide bonds. The van der Waals surface area contributed by atoms with E-state index in [4.69, 9.17) is 23.7 Å². The SMILES string of the molecule is CC(=O)O[C@@H]1[C@H]2C[C@@]3(OC2(C)C)[C@@H](C)C[C@H](OC(C)=O)[C@@H](OC(C)=O)[C@]3(C)[C@@H]1OC(=O)c1ccccc1. The highest BCUT2D eigenvalue weighted by Crippen LogP contribution is 2.67. The summed E-state index contributed by atoms with van der Waals surface area (Å²) in [4.78, 5) is 50.2. The number of benzene rings is 1. The Balaban J connectivity index is 1.92. The van der Waals surface area contributed by atoms with Crippen molar-refractivity contribution in [3.05, 3.63) is 35.9 Å². The quantitative estimate of drug-likeness (QED) is 0.427. The van der Waals surface area contributed by atoms with E-state index in [1.165, 1.54) is 20.8 Å². The molecule has 8 atom stereocenters. The molecule has 1 spiro atoms. The van der Waals surface area contributed by atoms with Crippen molar-refractivity contribution >= 4 is 23.9 Å². The van der Waals surface area contributed by atoms with Gasteiger partial charge in [0.2, 0.25) is 0 Å². The molecule has 1 aromatic rings. The third-order valence-corrected chi connectivity index (χ3v) is 8.53. The largest absolute Gasteiger partial charge is 0.459 e. The normalized spacial score (nSPS) is 37.6. The molecule has 0 radical (unpaired) electrons. The first-order valence-corrected chi connectivity index (χ1v) is 12.7. The molecule has 9 heteroatoms. The Labute approximate surface area is 217 Å². The molecule has 3 aliphatic rings.